The molecular formula is C18H26Si. The first-order chi connectivity index (χ1) is 8.68. The summed E-state index contributed by atoms with van der Waals surface area (Å²) in [6.07, 6.45) is 0. The molecule has 2 aliphatic carbocycles. The van der Waals surface area contributed by atoms with Gasteiger partial charge < -0.3 is 0 Å². The van der Waals surface area contributed by atoms with Crippen LogP contribution in [0.1, 0.15) is 31.9 Å². The Morgan fingerprint density at radius 3 is 1.58 bits per heavy atom. The molecule has 0 heterocycles. The SMILES string of the molecule is Cc1c2cccccc-2c(C)c1[Si](C)(C)C(C)(C)C. The van der Waals surface area contributed by atoms with Crippen molar-refractivity contribution in [1.29, 1.82) is 0 Å². The van der Waals surface area contributed by atoms with E-state index < -0.39 is 8.07 Å². The van der Waals surface area contributed by atoms with E-state index in [-0.39, 0.29) is 0 Å². The van der Waals surface area contributed by atoms with E-state index in [1.165, 1.54) is 22.3 Å². The molecule has 0 saturated heterocycles. The molecule has 0 N–H and O–H groups in total. The molecule has 2 aliphatic rings. The molecule has 0 aromatic heterocycles. The summed E-state index contributed by atoms with van der Waals surface area (Å²) in [6, 6.07) is 11.0. The van der Waals surface area contributed by atoms with E-state index >= 15 is 0 Å². The Balaban J connectivity index is 2.80. The van der Waals surface area contributed by atoms with Gasteiger partial charge in [-0.15, -0.1) is 0 Å². The molecule has 2 rings (SSSR count). The molecule has 0 spiro atoms. The van der Waals surface area contributed by atoms with Gasteiger partial charge in [-0.25, -0.2) is 0 Å². The van der Waals surface area contributed by atoms with Gasteiger partial charge in [-0.3, -0.25) is 0 Å². The maximum atomic E-state index is 2.52. The van der Waals surface area contributed by atoms with Crippen LogP contribution < -0.4 is 5.19 Å². The second kappa shape index (κ2) is 4.48. The molecule has 0 bridgehead atoms. The van der Waals surface area contributed by atoms with Crippen molar-refractivity contribution in [3.8, 4) is 11.1 Å². The molecule has 0 atom stereocenters. The van der Waals surface area contributed by atoms with Gasteiger partial charge in [-0.2, -0.15) is 0 Å². The highest BCUT2D eigenvalue weighted by molar-refractivity contribution is 6.93. The van der Waals surface area contributed by atoms with Crippen LogP contribution in [0.15, 0.2) is 30.3 Å². The second-order valence-electron chi connectivity index (χ2n) is 7.24. The molecule has 0 aromatic carbocycles. The van der Waals surface area contributed by atoms with Crippen molar-refractivity contribution in [3.63, 3.8) is 0 Å². The van der Waals surface area contributed by atoms with Crippen LogP contribution >= 0.6 is 0 Å². The summed E-state index contributed by atoms with van der Waals surface area (Å²) in [5.41, 5.74) is 5.88. The molecule has 0 saturated carbocycles. The highest BCUT2D eigenvalue weighted by Crippen LogP contribution is 2.40. The molecule has 102 valence electrons. The molecule has 0 radical (unpaired) electrons. The van der Waals surface area contributed by atoms with Gasteiger partial charge in [-0.1, -0.05) is 69.4 Å². The molecule has 19 heavy (non-hydrogen) atoms. The minimum absolute atomic E-state index is 0.384. The lowest BCUT2D eigenvalue weighted by molar-refractivity contribution is 0.729. The Hall–Kier alpha value is -1.08. The maximum absolute atomic E-state index is 2.52. The fraction of sp³-hybridized carbons (Fsp3) is 0.444. The van der Waals surface area contributed by atoms with Gasteiger partial charge in [0.1, 0.15) is 0 Å². The first kappa shape index (κ1) is 14.3. The van der Waals surface area contributed by atoms with E-state index in [9.17, 15) is 0 Å². The van der Waals surface area contributed by atoms with Gasteiger partial charge in [0.15, 0.2) is 0 Å². The monoisotopic (exact) mass is 270 g/mol. The van der Waals surface area contributed by atoms with Gasteiger partial charge in [0, 0.05) is 0 Å². The first-order valence-electron chi connectivity index (χ1n) is 7.16. The molecular weight excluding hydrogens is 244 g/mol. The predicted molar refractivity (Wildman–Crippen MR) is 89.4 cm³/mol. The fourth-order valence-electron chi connectivity index (χ4n) is 3.06. The minimum atomic E-state index is -1.48. The third-order valence-electron chi connectivity index (χ3n) is 5.10. The van der Waals surface area contributed by atoms with E-state index in [1.807, 2.05) is 0 Å². The van der Waals surface area contributed by atoms with E-state index in [2.05, 4.69) is 78.0 Å². The van der Waals surface area contributed by atoms with Gasteiger partial charge in [0.2, 0.25) is 0 Å². The lowest BCUT2D eigenvalue weighted by Crippen LogP contribution is -2.50. The lowest BCUT2D eigenvalue weighted by Gasteiger charge is -2.38. The van der Waals surface area contributed by atoms with E-state index in [0.29, 0.717) is 5.04 Å². The molecule has 0 amide bonds. The van der Waals surface area contributed by atoms with Crippen LogP contribution in [0, 0.1) is 13.8 Å². The van der Waals surface area contributed by atoms with Crippen molar-refractivity contribution in [3.05, 3.63) is 41.5 Å². The van der Waals surface area contributed by atoms with Gasteiger partial charge in [0.25, 0.3) is 0 Å². The largest absolute Gasteiger partial charge is 0.0866 e. The Morgan fingerprint density at radius 2 is 1.21 bits per heavy atom. The zero-order valence-electron chi connectivity index (χ0n) is 13.4. The van der Waals surface area contributed by atoms with E-state index in [1.54, 1.807) is 5.19 Å². The van der Waals surface area contributed by atoms with Crippen molar-refractivity contribution < 1.29 is 0 Å². The third kappa shape index (κ3) is 2.14. The van der Waals surface area contributed by atoms with E-state index in [4.69, 9.17) is 0 Å². The molecule has 1 heteroatoms. The van der Waals surface area contributed by atoms with Crippen molar-refractivity contribution in [2.24, 2.45) is 0 Å². The number of hydrogen-bond donors (Lipinski definition) is 0. The van der Waals surface area contributed by atoms with Crippen molar-refractivity contribution in [2.45, 2.75) is 52.8 Å². The van der Waals surface area contributed by atoms with Crippen molar-refractivity contribution >= 4 is 13.3 Å². The Bertz CT molecular complexity index is 536. The summed E-state index contributed by atoms with van der Waals surface area (Å²) in [7, 11) is -1.48. The van der Waals surface area contributed by atoms with Crippen LogP contribution in [0.4, 0.5) is 0 Å². The normalized spacial score (nSPS) is 13.0. The third-order valence-corrected chi connectivity index (χ3v) is 10.8. The van der Waals surface area contributed by atoms with Crippen LogP contribution in [0.5, 0.6) is 0 Å². The van der Waals surface area contributed by atoms with E-state index in [0.717, 1.165) is 0 Å². The topological polar surface area (TPSA) is 0 Å². The number of fused-ring (bicyclic) bond motifs is 1. The summed E-state index contributed by atoms with van der Waals surface area (Å²) < 4.78 is 0. The Kier molecular flexibility index (Phi) is 3.38. The molecule has 0 aliphatic heterocycles. The average molecular weight is 270 g/mol. The standard InChI is InChI=1S/C18H26Si/c1-13-15-11-9-8-10-12-16(15)14(2)17(13)19(6,7)18(3,4)5/h8-12H,1-7H3. The fourth-order valence-corrected chi connectivity index (χ4v) is 5.96. The summed E-state index contributed by atoms with van der Waals surface area (Å²) in [6.45, 7) is 16.8. The Labute approximate surface area is 119 Å². The molecule has 0 aromatic rings. The predicted octanol–water partition coefficient (Wildman–Crippen LogP) is 5.12. The molecule has 0 nitrogen and oxygen atoms in total. The quantitative estimate of drug-likeness (QED) is 0.631. The number of hydrogen-bond acceptors (Lipinski definition) is 0. The number of rotatable bonds is 1. The van der Waals surface area contributed by atoms with Crippen LogP contribution in [0.25, 0.3) is 11.1 Å². The molecule has 0 unspecified atom stereocenters. The average Bonchev–Trinajstić information content (AvgIpc) is 2.47. The van der Waals surface area contributed by atoms with Crippen LogP contribution in [-0.4, -0.2) is 8.07 Å². The van der Waals surface area contributed by atoms with Gasteiger partial charge in [-0.05, 0) is 41.1 Å². The zero-order valence-corrected chi connectivity index (χ0v) is 14.4. The Morgan fingerprint density at radius 1 is 0.789 bits per heavy atom. The minimum Gasteiger partial charge on any atom is -0.0650 e. The van der Waals surface area contributed by atoms with Gasteiger partial charge >= 0.3 is 0 Å². The maximum Gasteiger partial charge on any atom is 0.0866 e. The van der Waals surface area contributed by atoms with Crippen LogP contribution in [0.2, 0.25) is 18.1 Å². The summed E-state index contributed by atoms with van der Waals surface area (Å²) in [5, 5.41) is 2.05. The summed E-state index contributed by atoms with van der Waals surface area (Å²) in [5.74, 6) is 0. The lowest BCUT2D eigenvalue weighted by atomic mass is 10.1. The summed E-state index contributed by atoms with van der Waals surface area (Å²) >= 11 is 0. The smallest absolute Gasteiger partial charge is 0.0650 e. The van der Waals surface area contributed by atoms with Crippen molar-refractivity contribution in [2.75, 3.05) is 0 Å². The van der Waals surface area contributed by atoms with Crippen LogP contribution in [0.3, 0.4) is 0 Å². The van der Waals surface area contributed by atoms with Crippen LogP contribution in [-0.2, 0) is 0 Å². The van der Waals surface area contributed by atoms with Crippen molar-refractivity contribution in [1.82, 2.24) is 0 Å². The highest BCUT2D eigenvalue weighted by Gasteiger charge is 2.40. The first-order valence-corrected chi connectivity index (χ1v) is 10.2. The second-order valence-corrected chi connectivity index (χ2v) is 12.5. The van der Waals surface area contributed by atoms with Gasteiger partial charge in [0.05, 0.1) is 8.07 Å². The molecule has 0 fully saturated rings. The highest BCUT2D eigenvalue weighted by atomic mass is 28.3. The zero-order chi connectivity index (χ0) is 14.4. The summed E-state index contributed by atoms with van der Waals surface area (Å²) in [4.78, 5) is 0.